The monoisotopic (exact) mass is 858 g/mol. The molecule has 0 aromatic rings. The van der Waals surface area contributed by atoms with Gasteiger partial charge in [-0.2, -0.15) is 0 Å². The van der Waals surface area contributed by atoms with Crippen LogP contribution in [0, 0.1) is 0 Å². The molecule has 1 saturated heterocycles. The molecule has 1 aliphatic rings. The molecule has 1 fully saturated rings. The third-order valence-corrected chi connectivity index (χ3v) is 12.3. The van der Waals surface area contributed by atoms with E-state index in [1.54, 1.807) is 0 Å². The number of nitrogens with one attached hydrogen (secondary N) is 1. The molecular formula is C49H95NO10. The molecular weight excluding hydrogens is 763 g/mol. The summed E-state index contributed by atoms with van der Waals surface area (Å²) in [5.74, 6) is -0.707. The largest absolute Gasteiger partial charge is 0.394 e. The maximum absolute atomic E-state index is 13.0. The molecule has 9 atom stereocenters. The molecule has 11 nitrogen and oxygen atoms in total. The fourth-order valence-electron chi connectivity index (χ4n) is 8.15. The number of amides is 1. The Kier molecular flexibility index (Phi) is 37.4. The molecule has 1 heterocycles. The van der Waals surface area contributed by atoms with E-state index >= 15 is 0 Å². The van der Waals surface area contributed by atoms with Gasteiger partial charge in [-0.25, -0.2) is 0 Å². The standard InChI is InChI=1S/C49H95NO10/c1-3-5-7-9-11-13-14-15-16-17-18-19-20-21-22-23-24-25-26-27-29-30-32-34-36-41(52)44(54)40(39-59-49-47(57)46(56)45(55)43(38-51)60-49)50-48(58)42(53)37-35-33-31-28-12-10-8-6-4-2/h29-30,40-47,49,51-57H,3-28,31-39H2,1-2H3,(H,50,58)/b30-29+. The molecule has 1 amide bonds. The number of ether oxygens (including phenoxy) is 2. The van der Waals surface area contributed by atoms with Gasteiger partial charge in [0.1, 0.15) is 36.6 Å². The SMILES string of the molecule is CCCCCCCCCCCCCCCCCCCCC/C=C/CCCC(O)C(O)C(COC1OC(CO)C(O)C(O)C1O)NC(=O)C(O)CCCCCCCCCCC. The predicted molar refractivity (Wildman–Crippen MR) is 243 cm³/mol. The lowest BCUT2D eigenvalue weighted by atomic mass is 9.98. The van der Waals surface area contributed by atoms with Crippen LogP contribution in [-0.2, 0) is 14.3 Å². The minimum atomic E-state index is -1.66. The lowest BCUT2D eigenvalue weighted by molar-refractivity contribution is -0.303. The number of aliphatic hydroxyl groups excluding tert-OH is 7. The second-order valence-electron chi connectivity index (χ2n) is 17.9. The Bertz CT molecular complexity index is 986. The molecule has 0 bridgehead atoms. The van der Waals surface area contributed by atoms with Crippen LogP contribution in [0.5, 0.6) is 0 Å². The minimum absolute atomic E-state index is 0.256. The summed E-state index contributed by atoms with van der Waals surface area (Å²) in [6, 6.07) is -1.18. The third-order valence-electron chi connectivity index (χ3n) is 12.3. The molecule has 0 radical (unpaired) electrons. The number of rotatable bonds is 42. The highest BCUT2D eigenvalue weighted by Gasteiger charge is 2.44. The van der Waals surface area contributed by atoms with Crippen molar-refractivity contribution in [3.8, 4) is 0 Å². The van der Waals surface area contributed by atoms with Crippen LogP contribution in [-0.4, -0.2) is 110 Å². The van der Waals surface area contributed by atoms with Crippen LogP contribution in [0.1, 0.15) is 226 Å². The zero-order chi connectivity index (χ0) is 44.1. The van der Waals surface area contributed by atoms with E-state index in [9.17, 15) is 40.5 Å². The van der Waals surface area contributed by atoms with Crippen molar-refractivity contribution in [3.63, 3.8) is 0 Å². The molecule has 1 rings (SSSR count). The van der Waals surface area contributed by atoms with Crippen LogP contribution in [0.2, 0.25) is 0 Å². The second kappa shape index (κ2) is 39.4. The highest BCUT2D eigenvalue weighted by atomic mass is 16.7. The molecule has 11 heteroatoms. The summed E-state index contributed by atoms with van der Waals surface area (Å²) in [5.41, 5.74) is 0. The van der Waals surface area contributed by atoms with Crippen LogP contribution in [0.4, 0.5) is 0 Å². The van der Waals surface area contributed by atoms with E-state index in [-0.39, 0.29) is 12.8 Å². The lowest BCUT2D eigenvalue weighted by Gasteiger charge is -2.40. The van der Waals surface area contributed by atoms with Crippen LogP contribution in [0.25, 0.3) is 0 Å². The Balaban J connectivity index is 2.33. The average molecular weight is 858 g/mol. The number of hydrogen-bond donors (Lipinski definition) is 8. The van der Waals surface area contributed by atoms with Gasteiger partial charge >= 0.3 is 0 Å². The van der Waals surface area contributed by atoms with Crippen LogP contribution < -0.4 is 5.32 Å². The van der Waals surface area contributed by atoms with E-state index in [0.29, 0.717) is 12.8 Å². The van der Waals surface area contributed by atoms with Crippen LogP contribution >= 0.6 is 0 Å². The maximum atomic E-state index is 13.0. The molecule has 60 heavy (non-hydrogen) atoms. The van der Waals surface area contributed by atoms with Gasteiger partial charge in [-0.05, 0) is 38.5 Å². The Morgan fingerprint density at radius 1 is 0.567 bits per heavy atom. The first-order valence-corrected chi connectivity index (χ1v) is 25.1. The molecule has 356 valence electrons. The average Bonchev–Trinajstić information content (AvgIpc) is 3.25. The van der Waals surface area contributed by atoms with E-state index in [2.05, 4.69) is 31.3 Å². The Morgan fingerprint density at radius 3 is 1.43 bits per heavy atom. The molecule has 1 aliphatic heterocycles. The van der Waals surface area contributed by atoms with Gasteiger partial charge in [0.25, 0.3) is 0 Å². The molecule has 0 saturated carbocycles. The van der Waals surface area contributed by atoms with Crippen molar-refractivity contribution in [2.75, 3.05) is 13.2 Å². The number of hydrogen-bond acceptors (Lipinski definition) is 10. The van der Waals surface area contributed by atoms with E-state index < -0.39 is 74.2 Å². The van der Waals surface area contributed by atoms with E-state index in [0.717, 1.165) is 38.5 Å². The van der Waals surface area contributed by atoms with Gasteiger partial charge in [-0.3, -0.25) is 4.79 Å². The first-order chi connectivity index (χ1) is 29.2. The molecule has 0 spiro atoms. The topological polar surface area (TPSA) is 189 Å². The third kappa shape index (κ3) is 28.5. The van der Waals surface area contributed by atoms with Crippen molar-refractivity contribution >= 4 is 5.91 Å². The summed E-state index contributed by atoms with van der Waals surface area (Å²) in [7, 11) is 0. The smallest absolute Gasteiger partial charge is 0.249 e. The molecule has 9 unspecified atom stereocenters. The van der Waals surface area contributed by atoms with Gasteiger partial charge in [0.2, 0.25) is 5.91 Å². The summed E-state index contributed by atoms with van der Waals surface area (Å²) in [5, 5.41) is 75.6. The normalized spacial score (nSPS) is 21.6. The Morgan fingerprint density at radius 2 is 0.983 bits per heavy atom. The molecule has 0 aromatic carbocycles. The fraction of sp³-hybridized carbons (Fsp3) is 0.939. The first kappa shape index (κ1) is 56.9. The zero-order valence-corrected chi connectivity index (χ0v) is 38.5. The number of carbonyl (C=O) groups excluding carboxylic acids is 1. The maximum Gasteiger partial charge on any atom is 0.249 e. The molecule has 8 N–H and O–H groups in total. The van der Waals surface area contributed by atoms with Crippen molar-refractivity contribution in [3.05, 3.63) is 12.2 Å². The summed E-state index contributed by atoms with van der Waals surface area (Å²) in [4.78, 5) is 13.0. The summed E-state index contributed by atoms with van der Waals surface area (Å²) < 4.78 is 11.1. The van der Waals surface area contributed by atoms with Gasteiger partial charge in [0.15, 0.2) is 6.29 Å². The van der Waals surface area contributed by atoms with Gasteiger partial charge in [-0.15, -0.1) is 0 Å². The first-order valence-electron chi connectivity index (χ1n) is 25.1. The second-order valence-corrected chi connectivity index (χ2v) is 17.9. The van der Waals surface area contributed by atoms with Crippen molar-refractivity contribution in [2.24, 2.45) is 0 Å². The van der Waals surface area contributed by atoms with E-state index in [1.807, 2.05) is 0 Å². The summed E-state index contributed by atoms with van der Waals surface area (Å²) in [6.45, 7) is 3.41. The van der Waals surface area contributed by atoms with Crippen molar-refractivity contribution in [2.45, 2.75) is 281 Å². The van der Waals surface area contributed by atoms with Crippen LogP contribution in [0.3, 0.4) is 0 Å². The van der Waals surface area contributed by atoms with Gasteiger partial charge in [0.05, 0.1) is 25.4 Å². The minimum Gasteiger partial charge on any atom is -0.394 e. The fourth-order valence-corrected chi connectivity index (χ4v) is 8.15. The van der Waals surface area contributed by atoms with Gasteiger partial charge in [0, 0.05) is 0 Å². The van der Waals surface area contributed by atoms with Gasteiger partial charge in [-0.1, -0.05) is 199 Å². The lowest BCUT2D eigenvalue weighted by Crippen LogP contribution is -2.60. The Hall–Kier alpha value is -1.15. The van der Waals surface area contributed by atoms with Gasteiger partial charge < -0.3 is 50.5 Å². The summed E-state index contributed by atoms with van der Waals surface area (Å²) in [6.07, 6.45) is 31.5. The zero-order valence-electron chi connectivity index (χ0n) is 38.5. The number of allylic oxidation sites excluding steroid dienone is 2. The van der Waals surface area contributed by atoms with Crippen molar-refractivity contribution in [1.29, 1.82) is 0 Å². The van der Waals surface area contributed by atoms with E-state index in [1.165, 1.54) is 148 Å². The van der Waals surface area contributed by atoms with E-state index in [4.69, 9.17) is 9.47 Å². The predicted octanol–water partition coefficient (Wildman–Crippen LogP) is 8.84. The number of aliphatic hydroxyl groups is 7. The van der Waals surface area contributed by atoms with Crippen molar-refractivity contribution in [1.82, 2.24) is 5.32 Å². The highest BCUT2D eigenvalue weighted by molar-refractivity contribution is 5.80. The molecule has 0 aliphatic carbocycles. The van der Waals surface area contributed by atoms with Crippen LogP contribution in [0.15, 0.2) is 12.2 Å². The quantitative estimate of drug-likeness (QED) is 0.0218. The number of carbonyl (C=O) groups is 1. The number of unbranched alkanes of at least 4 members (excludes halogenated alkanes) is 28. The van der Waals surface area contributed by atoms with Crippen molar-refractivity contribution < 1.29 is 50.0 Å². The summed E-state index contributed by atoms with van der Waals surface area (Å²) >= 11 is 0. The molecule has 0 aromatic heterocycles. The Labute approximate surface area is 366 Å². The highest BCUT2D eigenvalue weighted by Crippen LogP contribution is 2.23.